The third-order valence-electron chi connectivity index (χ3n) is 3.02. The molecule has 0 aliphatic carbocycles. The van der Waals surface area contributed by atoms with Crippen molar-refractivity contribution < 1.29 is 18.3 Å². The minimum absolute atomic E-state index is 0.00956. The fourth-order valence-electron chi connectivity index (χ4n) is 2.21. The number of benzene rings is 1. The van der Waals surface area contributed by atoms with E-state index in [0.29, 0.717) is 11.6 Å². The Labute approximate surface area is 120 Å². The quantitative estimate of drug-likeness (QED) is 0.935. The van der Waals surface area contributed by atoms with E-state index in [-0.39, 0.29) is 11.5 Å². The molecule has 2 aromatic rings. The highest BCUT2D eigenvalue weighted by Gasteiger charge is 2.43. The summed E-state index contributed by atoms with van der Waals surface area (Å²) < 4.78 is 36.7. The molecule has 0 saturated carbocycles. The van der Waals surface area contributed by atoms with E-state index in [9.17, 15) is 8.78 Å². The summed E-state index contributed by atoms with van der Waals surface area (Å²) >= 11 is 0. The van der Waals surface area contributed by atoms with E-state index in [1.54, 1.807) is 6.07 Å². The van der Waals surface area contributed by atoms with Gasteiger partial charge in [-0.05, 0) is 25.5 Å². The molecule has 3 rings (SSSR count). The normalized spacial score (nSPS) is 15.2. The molecule has 0 amide bonds. The summed E-state index contributed by atoms with van der Waals surface area (Å²) in [6.45, 7) is 4.80. The molecular formula is C14H15F2N3O2. The van der Waals surface area contributed by atoms with Crippen LogP contribution in [0.3, 0.4) is 0 Å². The summed E-state index contributed by atoms with van der Waals surface area (Å²) in [6.07, 6.45) is -0.691. The molecule has 1 aromatic heterocycles. The van der Waals surface area contributed by atoms with Gasteiger partial charge in [0.15, 0.2) is 11.5 Å². The standard InChI is InChI=1S/C14H15F2N3O2/c1-3-6-19-8-9(2)17-13(19)18-10-4-5-11-12(7-10)21-14(15,16)20-11/h4-5,7-8H,3,6H2,1-2H3,(H,17,18). The molecule has 0 spiro atoms. The van der Waals surface area contributed by atoms with Crippen molar-refractivity contribution in [1.29, 1.82) is 0 Å². The topological polar surface area (TPSA) is 48.3 Å². The number of fused-ring (bicyclic) bond motifs is 1. The van der Waals surface area contributed by atoms with Crippen LogP contribution < -0.4 is 14.8 Å². The first-order valence-electron chi connectivity index (χ1n) is 6.67. The van der Waals surface area contributed by atoms with Crippen LogP contribution in [0.25, 0.3) is 0 Å². The molecule has 1 aliphatic heterocycles. The molecule has 0 saturated heterocycles. The molecule has 0 unspecified atom stereocenters. The first kappa shape index (κ1) is 13.7. The minimum Gasteiger partial charge on any atom is -0.395 e. The van der Waals surface area contributed by atoms with Gasteiger partial charge in [0.05, 0.1) is 5.69 Å². The molecular weight excluding hydrogens is 280 g/mol. The van der Waals surface area contributed by atoms with Gasteiger partial charge in [0.1, 0.15) is 0 Å². The number of halogens is 2. The van der Waals surface area contributed by atoms with E-state index >= 15 is 0 Å². The van der Waals surface area contributed by atoms with Crippen molar-refractivity contribution >= 4 is 11.6 Å². The predicted molar refractivity (Wildman–Crippen MR) is 73.2 cm³/mol. The maximum absolute atomic E-state index is 13.0. The molecule has 0 radical (unpaired) electrons. The van der Waals surface area contributed by atoms with Gasteiger partial charge >= 0.3 is 6.29 Å². The van der Waals surface area contributed by atoms with Gasteiger partial charge in [-0.25, -0.2) is 4.98 Å². The van der Waals surface area contributed by atoms with Gasteiger partial charge < -0.3 is 19.4 Å². The fourth-order valence-corrected chi connectivity index (χ4v) is 2.21. The monoisotopic (exact) mass is 295 g/mol. The number of rotatable bonds is 4. The molecule has 1 N–H and O–H groups in total. The maximum atomic E-state index is 13.0. The summed E-state index contributed by atoms with van der Waals surface area (Å²) in [5.41, 5.74) is 1.50. The molecule has 21 heavy (non-hydrogen) atoms. The lowest BCUT2D eigenvalue weighted by molar-refractivity contribution is -0.286. The average Bonchev–Trinajstić information content (AvgIpc) is 2.88. The predicted octanol–water partition coefficient (Wildman–Crippen LogP) is 3.67. The van der Waals surface area contributed by atoms with Crippen LogP contribution in [-0.4, -0.2) is 15.8 Å². The average molecular weight is 295 g/mol. The van der Waals surface area contributed by atoms with Gasteiger partial charge in [-0.15, -0.1) is 8.78 Å². The Balaban J connectivity index is 1.84. The second kappa shape index (κ2) is 4.91. The Hall–Kier alpha value is -2.31. The van der Waals surface area contributed by atoms with Crippen molar-refractivity contribution in [3.63, 3.8) is 0 Å². The number of nitrogens with zero attached hydrogens (tertiary/aromatic N) is 2. The SMILES string of the molecule is CCCn1cc(C)nc1Nc1ccc2c(c1)OC(F)(F)O2. The molecule has 1 aromatic carbocycles. The Bertz CT molecular complexity index is 670. The number of aromatic nitrogens is 2. The summed E-state index contributed by atoms with van der Waals surface area (Å²) in [5.74, 6) is 0.703. The van der Waals surface area contributed by atoms with Crippen LogP contribution in [-0.2, 0) is 6.54 Å². The number of alkyl halides is 2. The fraction of sp³-hybridized carbons (Fsp3) is 0.357. The van der Waals surface area contributed by atoms with Gasteiger partial charge in [-0.2, -0.15) is 0 Å². The number of aryl methyl sites for hydroxylation is 2. The highest BCUT2D eigenvalue weighted by Crippen LogP contribution is 2.42. The molecule has 5 nitrogen and oxygen atoms in total. The van der Waals surface area contributed by atoms with E-state index in [1.165, 1.54) is 12.1 Å². The van der Waals surface area contributed by atoms with Gasteiger partial charge in [0.25, 0.3) is 0 Å². The van der Waals surface area contributed by atoms with Crippen molar-refractivity contribution in [1.82, 2.24) is 9.55 Å². The first-order valence-corrected chi connectivity index (χ1v) is 6.67. The number of imidazole rings is 1. The molecule has 0 atom stereocenters. The van der Waals surface area contributed by atoms with Crippen LogP contribution >= 0.6 is 0 Å². The largest absolute Gasteiger partial charge is 0.586 e. The van der Waals surface area contributed by atoms with Crippen LogP contribution in [0.4, 0.5) is 20.4 Å². The van der Waals surface area contributed by atoms with E-state index in [4.69, 9.17) is 0 Å². The molecule has 0 fully saturated rings. The van der Waals surface area contributed by atoms with Crippen molar-refractivity contribution in [2.45, 2.75) is 33.1 Å². The molecule has 1 aliphatic rings. The summed E-state index contributed by atoms with van der Waals surface area (Å²) in [5, 5.41) is 3.11. The number of hydrogen-bond donors (Lipinski definition) is 1. The van der Waals surface area contributed by atoms with Crippen LogP contribution in [0.5, 0.6) is 11.5 Å². The highest BCUT2D eigenvalue weighted by atomic mass is 19.3. The maximum Gasteiger partial charge on any atom is 0.586 e. The second-order valence-electron chi connectivity index (χ2n) is 4.85. The lowest BCUT2D eigenvalue weighted by atomic mass is 10.3. The van der Waals surface area contributed by atoms with Crippen molar-refractivity contribution in [3.8, 4) is 11.5 Å². The third kappa shape index (κ3) is 2.76. The van der Waals surface area contributed by atoms with Crippen LogP contribution in [0.1, 0.15) is 19.0 Å². The number of hydrogen-bond acceptors (Lipinski definition) is 4. The molecule has 7 heteroatoms. The number of nitrogens with one attached hydrogen (secondary N) is 1. The molecule has 112 valence electrons. The number of anilines is 2. The second-order valence-corrected chi connectivity index (χ2v) is 4.85. The zero-order valence-electron chi connectivity index (χ0n) is 11.7. The summed E-state index contributed by atoms with van der Waals surface area (Å²) in [4.78, 5) is 4.38. The van der Waals surface area contributed by atoms with Gasteiger partial charge in [0.2, 0.25) is 5.95 Å². The molecule has 0 bridgehead atoms. The van der Waals surface area contributed by atoms with Crippen molar-refractivity contribution in [3.05, 3.63) is 30.1 Å². The van der Waals surface area contributed by atoms with Gasteiger partial charge in [0, 0.05) is 24.5 Å². The van der Waals surface area contributed by atoms with E-state index in [0.717, 1.165) is 18.7 Å². The smallest absolute Gasteiger partial charge is 0.395 e. The van der Waals surface area contributed by atoms with E-state index < -0.39 is 6.29 Å². The minimum atomic E-state index is -3.60. The van der Waals surface area contributed by atoms with Gasteiger partial charge in [-0.3, -0.25) is 0 Å². The van der Waals surface area contributed by atoms with Crippen molar-refractivity contribution in [2.75, 3.05) is 5.32 Å². The zero-order valence-corrected chi connectivity index (χ0v) is 11.7. The van der Waals surface area contributed by atoms with Crippen LogP contribution in [0.2, 0.25) is 0 Å². The van der Waals surface area contributed by atoms with E-state index in [1.807, 2.05) is 17.7 Å². The Morgan fingerprint density at radius 2 is 2.05 bits per heavy atom. The van der Waals surface area contributed by atoms with Crippen LogP contribution in [0, 0.1) is 6.92 Å². The lowest BCUT2D eigenvalue weighted by Crippen LogP contribution is -2.25. The van der Waals surface area contributed by atoms with Gasteiger partial charge in [-0.1, -0.05) is 6.92 Å². The highest BCUT2D eigenvalue weighted by molar-refractivity contribution is 5.61. The van der Waals surface area contributed by atoms with Crippen molar-refractivity contribution in [2.24, 2.45) is 0 Å². The lowest BCUT2D eigenvalue weighted by Gasteiger charge is -2.09. The zero-order chi connectivity index (χ0) is 15.0. The third-order valence-corrected chi connectivity index (χ3v) is 3.02. The summed E-state index contributed by atoms with van der Waals surface area (Å²) in [6, 6.07) is 4.55. The molecule has 2 heterocycles. The number of ether oxygens (including phenoxy) is 2. The Morgan fingerprint density at radius 1 is 1.29 bits per heavy atom. The van der Waals surface area contributed by atoms with Crippen LogP contribution in [0.15, 0.2) is 24.4 Å². The first-order chi connectivity index (χ1) is 9.97. The Morgan fingerprint density at radius 3 is 2.81 bits per heavy atom. The summed E-state index contributed by atoms with van der Waals surface area (Å²) in [7, 11) is 0. The van der Waals surface area contributed by atoms with E-state index in [2.05, 4.69) is 26.7 Å². The Kier molecular flexibility index (Phi) is 3.19.